The number of amides is 1. The summed E-state index contributed by atoms with van der Waals surface area (Å²) in [6.45, 7) is -0.0287. The molecule has 0 spiro atoms. The van der Waals surface area contributed by atoms with Gasteiger partial charge in [-0.15, -0.1) is 0 Å². The Morgan fingerprint density at radius 1 is 1.26 bits per heavy atom. The molecule has 23 heavy (non-hydrogen) atoms. The Morgan fingerprint density at radius 3 is 2.61 bits per heavy atom. The zero-order valence-corrected chi connectivity index (χ0v) is 12.9. The summed E-state index contributed by atoms with van der Waals surface area (Å²) in [5, 5.41) is 13.3. The van der Waals surface area contributed by atoms with E-state index in [0.717, 1.165) is 0 Å². The molecule has 1 aromatic carbocycles. The number of non-ortho nitro benzene ring substituents is 1. The highest BCUT2D eigenvalue weighted by molar-refractivity contribution is 5.77. The fourth-order valence-electron chi connectivity index (χ4n) is 1.65. The Balaban J connectivity index is 2.47. The predicted octanol–water partition coefficient (Wildman–Crippen LogP) is 1.05. The number of hydrogen-bond donors (Lipinski definition) is 1. The Labute approximate surface area is 132 Å². The molecule has 0 heterocycles. The van der Waals surface area contributed by atoms with Crippen molar-refractivity contribution in [3.63, 3.8) is 0 Å². The first-order chi connectivity index (χ1) is 11.0. The third-order valence-corrected chi connectivity index (χ3v) is 2.82. The van der Waals surface area contributed by atoms with Crippen LogP contribution in [0.3, 0.4) is 0 Å². The standard InChI is InChI=1S/C14H18N2O7/c1-21-11-6-5-10(16(19)20)8-12(11)23-9-13(17)15-7-3-4-14(18)22-2/h5-6,8H,3-4,7,9H2,1-2H3,(H,15,17). The van der Waals surface area contributed by atoms with Crippen LogP contribution in [0.4, 0.5) is 5.69 Å². The smallest absolute Gasteiger partial charge is 0.305 e. The Kier molecular flexibility index (Phi) is 7.31. The van der Waals surface area contributed by atoms with Gasteiger partial charge in [-0.25, -0.2) is 0 Å². The van der Waals surface area contributed by atoms with Crippen molar-refractivity contribution in [3.8, 4) is 11.5 Å². The molecule has 0 aliphatic carbocycles. The summed E-state index contributed by atoms with van der Waals surface area (Å²) in [6, 6.07) is 3.85. The van der Waals surface area contributed by atoms with Crippen LogP contribution in [0.2, 0.25) is 0 Å². The monoisotopic (exact) mass is 326 g/mol. The molecule has 0 aliphatic heterocycles. The van der Waals surface area contributed by atoms with E-state index in [4.69, 9.17) is 9.47 Å². The summed E-state index contributed by atoms with van der Waals surface area (Å²) in [5.74, 6) is -0.374. The molecule has 0 aromatic heterocycles. The van der Waals surface area contributed by atoms with Crippen LogP contribution in [0, 0.1) is 10.1 Å². The Bertz CT molecular complexity index is 574. The van der Waals surface area contributed by atoms with Crippen molar-refractivity contribution < 1.29 is 28.7 Å². The summed E-state index contributed by atoms with van der Waals surface area (Å²) in [7, 11) is 2.68. The van der Waals surface area contributed by atoms with E-state index in [1.165, 1.54) is 32.4 Å². The van der Waals surface area contributed by atoms with Crippen molar-refractivity contribution in [1.29, 1.82) is 0 Å². The minimum Gasteiger partial charge on any atom is -0.493 e. The van der Waals surface area contributed by atoms with Crippen LogP contribution in [0.5, 0.6) is 11.5 Å². The third-order valence-electron chi connectivity index (χ3n) is 2.82. The van der Waals surface area contributed by atoms with E-state index in [9.17, 15) is 19.7 Å². The summed E-state index contributed by atoms with van der Waals surface area (Å²) >= 11 is 0. The van der Waals surface area contributed by atoms with Gasteiger partial charge in [-0.05, 0) is 12.5 Å². The first-order valence-electron chi connectivity index (χ1n) is 6.76. The van der Waals surface area contributed by atoms with Crippen LogP contribution < -0.4 is 14.8 Å². The second-order valence-corrected chi connectivity index (χ2v) is 4.41. The maximum absolute atomic E-state index is 11.6. The van der Waals surface area contributed by atoms with E-state index in [1.807, 2.05) is 0 Å². The third kappa shape index (κ3) is 6.20. The fraction of sp³-hybridized carbons (Fsp3) is 0.429. The zero-order chi connectivity index (χ0) is 17.2. The van der Waals surface area contributed by atoms with Crippen molar-refractivity contribution in [3.05, 3.63) is 28.3 Å². The Morgan fingerprint density at radius 2 is 2.00 bits per heavy atom. The number of carbonyl (C=O) groups is 2. The quantitative estimate of drug-likeness (QED) is 0.312. The Hall–Kier alpha value is -2.84. The second kappa shape index (κ2) is 9.23. The molecule has 126 valence electrons. The summed E-state index contributed by atoms with van der Waals surface area (Å²) in [5.41, 5.74) is -0.167. The van der Waals surface area contributed by atoms with E-state index >= 15 is 0 Å². The lowest BCUT2D eigenvalue weighted by Crippen LogP contribution is -2.30. The molecule has 1 aromatic rings. The number of nitro groups is 1. The molecule has 0 atom stereocenters. The first kappa shape index (κ1) is 18.2. The van der Waals surface area contributed by atoms with Gasteiger partial charge in [-0.2, -0.15) is 0 Å². The number of carbonyl (C=O) groups excluding carboxylic acids is 2. The lowest BCUT2D eigenvalue weighted by molar-refractivity contribution is -0.385. The first-order valence-corrected chi connectivity index (χ1v) is 6.76. The largest absolute Gasteiger partial charge is 0.493 e. The molecule has 9 heteroatoms. The van der Waals surface area contributed by atoms with E-state index in [2.05, 4.69) is 10.1 Å². The highest BCUT2D eigenvalue weighted by atomic mass is 16.6. The van der Waals surface area contributed by atoms with Crippen molar-refractivity contribution >= 4 is 17.6 Å². The van der Waals surface area contributed by atoms with Crippen molar-refractivity contribution in [1.82, 2.24) is 5.32 Å². The number of benzene rings is 1. The van der Waals surface area contributed by atoms with E-state index in [-0.39, 0.29) is 36.2 Å². The lowest BCUT2D eigenvalue weighted by atomic mass is 10.3. The highest BCUT2D eigenvalue weighted by Crippen LogP contribution is 2.30. The molecule has 0 saturated carbocycles. The number of nitrogens with one attached hydrogen (secondary N) is 1. The van der Waals surface area contributed by atoms with Crippen molar-refractivity contribution in [2.24, 2.45) is 0 Å². The van der Waals surface area contributed by atoms with Gasteiger partial charge in [-0.3, -0.25) is 19.7 Å². The van der Waals surface area contributed by atoms with Crippen LogP contribution in [-0.4, -0.2) is 44.2 Å². The maximum atomic E-state index is 11.6. The average molecular weight is 326 g/mol. The zero-order valence-electron chi connectivity index (χ0n) is 12.9. The molecule has 0 radical (unpaired) electrons. The van der Waals surface area contributed by atoms with Gasteiger partial charge in [0.1, 0.15) is 0 Å². The van der Waals surface area contributed by atoms with Crippen LogP contribution in [0.15, 0.2) is 18.2 Å². The summed E-state index contributed by atoms with van der Waals surface area (Å²) in [4.78, 5) is 32.7. The highest BCUT2D eigenvalue weighted by Gasteiger charge is 2.13. The van der Waals surface area contributed by atoms with Crippen molar-refractivity contribution in [2.45, 2.75) is 12.8 Å². The van der Waals surface area contributed by atoms with E-state index in [0.29, 0.717) is 13.0 Å². The maximum Gasteiger partial charge on any atom is 0.305 e. The van der Waals surface area contributed by atoms with E-state index in [1.54, 1.807) is 0 Å². The molecule has 0 aliphatic rings. The molecular weight excluding hydrogens is 308 g/mol. The molecule has 0 saturated heterocycles. The van der Waals surface area contributed by atoms with Gasteiger partial charge < -0.3 is 19.5 Å². The predicted molar refractivity (Wildman–Crippen MR) is 79.4 cm³/mol. The molecule has 0 bridgehead atoms. The van der Waals surface area contributed by atoms with Gasteiger partial charge in [0.05, 0.1) is 25.2 Å². The minimum absolute atomic E-state index is 0.103. The van der Waals surface area contributed by atoms with Gasteiger partial charge in [0, 0.05) is 19.0 Å². The molecule has 1 amide bonds. The molecule has 1 N–H and O–H groups in total. The van der Waals surface area contributed by atoms with Gasteiger partial charge >= 0.3 is 5.97 Å². The molecule has 0 fully saturated rings. The number of esters is 1. The van der Waals surface area contributed by atoms with Gasteiger partial charge in [-0.1, -0.05) is 0 Å². The fourth-order valence-corrected chi connectivity index (χ4v) is 1.65. The van der Waals surface area contributed by atoms with Gasteiger partial charge in [0.2, 0.25) is 0 Å². The molecule has 1 rings (SSSR count). The van der Waals surface area contributed by atoms with E-state index < -0.39 is 10.8 Å². The molecule has 0 unspecified atom stereocenters. The molecular formula is C14H18N2O7. The van der Waals surface area contributed by atoms with Gasteiger partial charge in [0.15, 0.2) is 18.1 Å². The number of hydrogen-bond acceptors (Lipinski definition) is 7. The number of rotatable bonds is 9. The van der Waals surface area contributed by atoms with Crippen LogP contribution in [-0.2, 0) is 14.3 Å². The normalized spacial score (nSPS) is 9.83. The molecule has 9 nitrogen and oxygen atoms in total. The van der Waals surface area contributed by atoms with Crippen LogP contribution in [0.25, 0.3) is 0 Å². The number of nitro benzene ring substituents is 1. The van der Waals surface area contributed by atoms with Crippen molar-refractivity contribution in [2.75, 3.05) is 27.4 Å². The van der Waals surface area contributed by atoms with Crippen LogP contribution in [0.1, 0.15) is 12.8 Å². The minimum atomic E-state index is -0.570. The lowest BCUT2D eigenvalue weighted by Gasteiger charge is -2.10. The summed E-state index contributed by atoms with van der Waals surface area (Å²) < 4.78 is 14.7. The SMILES string of the molecule is COC(=O)CCCNC(=O)COc1cc([N+](=O)[O-])ccc1OC. The topological polar surface area (TPSA) is 117 Å². The number of ether oxygens (including phenoxy) is 3. The average Bonchev–Trinajstić information content (AvgIpc) is 2.56. The number of methoxy groups -OCH3 is 2. The van der Waals surface area contributed by atoms with Crippen LogP contribution >= 0.6 is 0 Å². The second-order valence-electron chi connectivity index (χ2n) is 4.41. The summed E-state index contributed by atoms with van der Waals surface area (Å²) in [6.07, 6.45) is 0.648. The number of nitrogens with zero attached hydrogens (tertiary/aromatic N) is 1. The van der Waals surface area contributed by atoms with Gasteiger partial charge in [0.25, 0.3) is 11.6 Å².